The SMILES string of the molecule is CNc1cc(C)ccc1C(=O)N(C)C(C)C(C)(C)C. The maximum atomic E-state index is 12.6. The molecule has 19 heavy (non-hydrogen) atoms. The summed E-state index contributed by atoms with van der Waals surface area (Å²) >= 11 is 0. The minimum absolute atomic E-state index is 0.0618. The molecule has 0 bridgehead atoms. The fraction of sp³-hybridized carbons (Fsp3) is 0.562. The maximum absolute atomic E-state index is 12.6. The first-order valence-electron chi connectivity index (χ1n) is 6.74. The first-order chi connectivity index (χ1) is 8.68. The van der Waals surface area contributed by atoms with Crippen molar-refractivity contribution in [1.82, 2.24) is 4.90 Å². The average Bonchev–Trinajstić information content (AvgIpc) is 2.34. The maximum Gasteiger partial charge on any atom is 0.255 e. The van der Waals surface area contributed by atoms with Crippen LogP contribution in [0.25, 0.3) is 0 Å². The van der Waals surface area contributed by atoms with E-state index in [1.54, 1.807) is 0 Å². The largest absolute Gasteiger partial charge is 0.387 e. The van der Waals surface area contributed by atoms with Crippen molar-refractivity contribution in [3.05, 3.63) is 29.3 Å². The van der Waals surface area contributed by atoms with E-state index in [4.69, 9.17) is 0 Å². The van der Waals surface area contributed by atoms with Gasteiger partial charge >= 0.3 is 0 Å². The van der Waals surface area contributed by atoms with Crippen LogP contribution in [0.5, 0.6) is 0 Å². The topological polar surface area (TPSA) is 32.3 Å². The number of nitrogens with zero attached hydrogens (tertiary/aromatic N) is 1. The van der Waals surface area contributed by atoms with Crippen LogP contribution >= 0.6 is 0 Å². The van der Waals surface area contributed by atoms with Crippen molar-refractivity contribution in [3.63, 3.8) is 0 Å². The molecule has 0 aliphatic carbocycles. The van der Waals surface area contributed by atoms with Gasteiger partial charge in [-0.25, -0.2) is 0 Å². The first-order valence-corrected chi connectivity index (χ1v) is 6.74. The van der Waals surface area contributed by atoms with Crippen LogP contribution in [0.2, 0.25) is 0 Å². The molecule has 1 unspecified atom stereocenters. The van der Waals surface area contributed by atoms with Crippen molar-refractivity contribution in [2.45, 2.75) is 40.7 Å². The molecule has 0 radical (unpaired) electrons. The van der Waals surface area contributed by atoms with Gasteiger partial charge in [0.15, 0.2) is 0 Å². The highest BCUT2D eigenvalue weighted by Crippen LogP contribution is 2.26. The number of benzene rings is 1. The first kappa shape index (κ1) is 15.5. The van der Waals surface area contributed by atoms with Gasteiger partial charge < -0.3 is 10.2 Å². The summed E-state index contributed by atoms with van der Waals surface area (Å²) in [7, 11) is 3.72. The Morgan fingerprint density at radius 3 is 2.37 bits per heavy atom. The molecule has 106 valence electrons. The highest BCUT2D eigenvalue weighted by atomic mass is 16.2. The third-order valence-corrected chi connectivity index (χ3v) is 3.83. The molecule has 1 rings (SSSR count). The monoisotopic (exact) mass is 262 g/mol. The van der Waals surface area contributed by atoms with Crippen molar-refractivity contribution < 1.29 is 4.79 Å². The van der Waals surface area contributed by atoms with E-state index in [1.807, 2.05) is 44.1 Å². The zero-order valence-corrected chi connectivity index (χ0v) is 13.2. The number of carbonyl (C=O) groups excluding carboxylic acids is 1. The third kappa shape index (κ3) is 3.49. The average molecular weight is 262 g/mol. The van der Waals surface area contributed by atoms with Crippen LogP contribution < -0.4 is 5.32 Å². The lowest BCUT2D eigenvalue weighted by atomic mass is 9.87. The van der Waals surface area contributed by atoms with Gasteiger partial charge in [0.1, 0.15) is 0 Å². The molecule has 1 atom stereocenters. The minimum atomic E-state index is 0.0618. The number of hydrogen-bond donors (Lipinski definition) is 1. The van der Waals surface area contributed by atoms with Crippen LogP contribution in [0.1, 0.15) is 43.6 Å². The van der Waals surface area contributed by atoms with E-state index in [1.165, 1.54) is 0 Å². The van der Waals surface area contributed by atoms with Gasteiger partial charge in [0.25, 0.3) is 5.91 Å². The highest BCUT2D eigenvalue weighted by molar-refractivity contribution is 5.99. The van der Waals surface area contributed by atoms with Crippen LogP contribution in [0.15, 0.2) is 18.2 Å². The summed E-state index contributed by atoms with van der Waals surface area (Å²) in [5.41, 5.74) is 2.83. The van der Waals surface area contributed by atoms with Gasteiger partial charge in [-0.1, -0.05) is 26.8 Å². The molecule has 3 nitrogen and oxygen atoms in total. The van der Waals surface area contributed by atoms with Gasteiger partial charge in [-0.2, -0.15) is 0 Å². The summed E-state index contributed by atoms with van der Waals surface area (Å²) in [4.78, 5) is 14.4. The van der Waals surface area contributed by atoms with E-state index < -0.39 is 0 Å². The quantitative estimate of drug-likeness (QED) is 0.903. The molecule has 0 saturated carbocycles. The molecular formula is C16H26N2O. The summed E-state index contributed by atoms with van der Waals surface area (Å²) in [6, 6.07) is 6.05. The van der Waals surface area contributed by atoms with Crippen molar-refractivity contribution in [2.75, 3.05) is 19.4 Å². The Balaban J connectivity index is 3.07. The second kappa shape index (κ2) is 5.64. The van der Waals surface area contributed by atoms with Gasteiger partial charge in [-0.3, -0.25) is 4.79 Å². The number of nitrogens with one attached hydrogen (secondary N) is 1. The Morgan fingerprint density at radius 1 is 1.32 bits per heavy atom. The fourth-order valence-corrected chi connectivity index (χ4v) is 2.00. The molecule has 0 aliphatic heterocycles. The van der Waals surface area contributed by atoms with E-state index in [9.17, 15) is 4.79 Å². The van der Waals surface area contributed by atoms with Gasteiger partial charge in [0.2, 0.25) is 0 Å². The van der Waals surface area contributed by atoms with Gasteiger partial charge in [-0.15, -0.1) is 0 Å². The van der Waals surface area contributed by atoms with E-state index in [0.29, 0.717) is 0 Å². The number of carbonyl (C=O) groups is 1. The normalized spacial score (nSPS) is 13.0. The number of amides is 1. The molecule has 1 amide bonds. The summed E-state index contributed by atoms with van der Waals surface area (Å²) in [5.74, 6) is 0.0618. The molecule has 0 aromatic heterocycles. The van der Waals surface area contributed by atoms with Crippen LogP contribution in [-0.4, -0.2) is 30.9 Å². The third-order valence-electron chi connectivity index (χ3n) is 3.83. The molecule has 0 spiro atoms. The number of anilines is 1. The van der Waals surface area contributed by atoms with Crippen molar-refractivity contribution >= 4 is 11.6 Å². The lowest BCUT2D eigenvalue weighted by Crippen LogP contribution is -2.43. The number of aryl methyl sites for hydroxylation is 1. The summed E-state index contributed by atoms with van der Waals surface area (Å²) in [6.07, 6.45) is 0. The van der Waals surface area contributed by atoms with Crippen LogP contribution in [0.3, 0.4) is 0 Å². The molecule has 0 aliphatic rings. The molecule has 1 aromatic carbocycles. The van der Waals surface area contributed by atoms with Crippen LogP contribution in [0, 0.1) is 12.3 Å². The lowest BCUT2D eigenvalue weighted by molar-refractivity contribution is 0.0630. The summed E-state index contributed by atoms with van der Waals surface area (Å²) < 4.78 is 0. The molecule has 0 fully saturated rings. The predicted octanol–water partition coefficient (Wildman–Crippen LogP) is 3.54. The molecule has 0 heterocycles. The lowest BCUT2D eigenvalue weighted by Gasteiger charge is -2.35. The van der Waals surface area contributed by atoms with Crippen LogP contribution in [-0.2, 0) is 0 Å². The van der Waals surface area contributed by atoms with Gasteiger partial charge in [-0.05, 0) is 37.0 Å². The molecule has 1 N–H and O–H groups in total. The number of rotatable bonds is 3. The minimum Gasteiger partial charge on any atom is -0.387 e. The second-order valence-corrected chi connectivity index (χ2v) is 6.26. The zero-order valence-electron chi connectivity index (χ0n) is 13.2. The van der Waals surface area contributed by atoms with Crippen LogP contribution in [0.4, 0.5) is 5.69 Å². The van der Waals surface area contributed by atoms with Crippen molar-refractivity contribution in [1.29, 1.82) is 0 Å². The van der Waals surface area contributed by atoms with Crippen molar-refractivity contribution in [2.24, 2.45) is 5.41 Å². The Kier molecular flexibility index (Phi) is 4.61. The summed E-state index contributed by atoms with van der Waals surface area (Å²) in [5, 5.41) is 3.10. The molecule has 3 heteroatoms. The van der Waals surface area contributed by atoms with E-state index >= 15 is 0 Å². The smallest absolute Gasteiger partial charge is 0.255 e. The van der Waals surface area contributed by atoms with Crippen molar-refractivity contribution in [3.8, 4) is 0 Å². The van der Waals surface area contributed by atoms with E-state index in [0.717, 1.165) is 16.8 Å². The Hall–Kier alpha value is -1.51. The zero-order chi connectivity index (χ0) is 14.8. The highest BCUT2D eigenvalue weighted by Gasteiger charge is 2.28. The Bertz CT molecular complexity index is 460. The second-order valence-electron chi connectivity index (χ2n) is 6.26. The fourth-order valence-electron chi connectivity index (χ4n) is 2.00. The standard InChI is InChI=1S/C16H26N2O/c1-11-8-9-13(14(10-11)17-6)15(19)18(7)12(2)16(3,4)5/h8-10,12,17H,1-7H3. The predicted molar refractivity (Wildman–Crippen MR) is 81.7 cm³/mol. The summed E-state index contributed by atoms with van der Waals surface area (Å²) in [6.45, 7) is 10.6. The van der Waals surface area contributed by atoms with Gasteiger partial charge in [0, 0.05) is 25.8 Å². The van der Waals surface area contributed by atoms with E-state index in [-0.39, 0.29) is 17.4 Å². The molecule has 0 saturated heterocycles. The molecular weight excluding hydrogens is 236 g/mol. The Morgan fingerprint density at radius 2 is 1.89 bits per heavy atom. The number of hydrogen-bond acceptors (Lipinski definition) is 2. The van der Waals surface area contributed by atoms with Gasteiger partial charge in [0.05, 0.1) is 5.56 Å². The molecule has 1 aromatic rings. The Labute approximate surface area is 117 Å². The van der Waals surface area contributed by atoms with E-state index in [2.05, 4.69) is 33.0 Å².